The van der Waals surface area contributed by atoms with Crippen molar-refractivity contribution >= 4 is 21.1 Å². The van der Waals surface area contributed by atoms with Gasteiger partial charge >= 0.3 is 0 Å². The maximum atomic E-state index is 11.5. The lowest BCUT2D eigenvalue weighted by Gasteiger charge is -2.29. The summed E-state index contributed by atoms with van der Waals surface area (Å²) in [4.78, 5) is 7.93. The molecule has 1 aliphatic rings. The van der Waals surface area contributed by atoms with E-state index >= 15 is 0 Å². The molecule has 1 saturated heterocycles. The summed E-state index contributed by atoms with van der Waals surface area (Å²) < 4.78 is 24.5. The Bertz CT molecular complexity index is 667. The molecule has 6 heteroatoms. The molecule has 1 aromatic carbocycles. The molecule has 0 spiro atoms. The molecule has 0 bridgehead atoms. The predicted molar refractivity (Wildman–Crippen MR) is 78.9 cm³/mol. The molecule has 20 heavy (non-hydrogen) atoms. The molecule has 5 nitrogen and oxygen atoms in total. The highest BCUT2D eigenvalue weighted by Crippen LogP contribution is 2.23. The first-order valence-corrected chi connectivity index (χ1v) is 8.76. The molecule has 2 aromatic rings. The van der Waals surface area contributed by atoms with Crippen molar-refractivity contribution in [3.8, 4) is 0 Å². The van der Waals surface area contributed by atoms with E-state index < -0.39 is 10.0 Å². The molecule has 3 rings (SSSR count). The van der Waals surface area contributed by atoms with Gasteiger partial charge in [0.05, 0.1) is 17.3 Å². The van der Waals surface area contributed by atoms with E-state index in [1.54, 1.807) is 4.31 Å². The molecule has 0 unspecified atom stereocenters. The Morgan fingerprint density at radius 2 is 2.00 bits per heavy atom. The molecule has 1 N–H and O–H groups in total. The third-order valence-electron chi connectivity index (χ3n) is 3.96. The highest BCUT2D eigenvalue weighted by Gasteiger charge is 2.25. The molecular weight excluding hydrogens is 274 g/mol. The van der Waals surface area contributed by atoms with Gasteiger partial charge in [-0.05, 0) is 30.9 Å². The van der Waals surface area contributed by atoms with Crippen molar-refractivity contribution < 1.29 is 8.42 Å². The minimum atomic E-state index is -3.03. The third-order valence-corrected chi connectivity index (χ3v) is 5.27. The van der Waals surface area contributed by atoms with Crippen LogP contribution >= 0.6 is 0 Å². The molecule has 1 fully saturated rings. The first-order valence-electron chi connectivity index (χ1n) is 6.91. The summed E-state index contributed by atoms with van der Waals surface area (Å²) in [6.07, 6.45) is 3.99. The lowest BCUT2D eigenvalue weighted by Crippen LogP contribution is -2.38. The van der Waals surface area contributed by atoms with Crippen LogP contribution in [0.4, 0.5) is 0 Å². The van der Waals surface area contributed by atoms with E-state index in [9.17, 15) is 8.42 Å². The number of aromatic nitrogens is 2. The number of H-pyrrole nitrogens is 1. The van der Waals surface area contributed by atoms with Gasteiger partial charge in [-0.15, -0.1) is 0 Å². The van der Waals surface area contributed by atoms with Gasteiger partial charge in [-0.25, -0.2) is 17.7 Å². The number of para-hydroxylation sites is 2. The van der Waals surface area contributed by atoms with Gasteiger partial charge in [0, 0.05) is 19.5 Å². The quantitative estimate of drug-likeness (QED) is 0.938. The first-order chi connectivity index (χ1) is 9.52. The number of piperidine rings is 1. The van der Waals surface area contributed by atoms with Crippen LogP contribution in [-0.4, -0.2) is 42.0 Å². The highest BCUT2D eigenvalue weighted by atomic mass is 32.2. The second kappa shape index (κ2) is 5.18. The van der Waals surface area contributed by atoms with Crippen LogP contribution in [0.5, 0.6) is 0 Å². The third kappa shape index (κ3) is 2.86. The highest BCUT2D eigenvalue weighted by molar-refractivity contribution is 7.88. The van der Waals surface area contributed by atoms with Crippen molar-refractivity contribution in [2.75, 3.05) is 19.3 Å². The van der Waals surface area contributed by atoms with Crippen molar-refractivity contribution in [1.82, 2.24) is 14.3 Å². The van der Waals surface area contributed by atoms with Crippen molar-refractivity contribution in [2.45, 2.75) is 19.3 Å². The maximum Gasteiger partial charge on any atom is 0.211 e. The molecule has 2 heterocycles. The monoisotopic (exact) mass is 293 g/mol. The van der Waals surface area contributed by atoms with E-state index in [1.165, 1.54) is 6.26 Å². The number of fused-ring (bicyclic) bond motifs is 1. The van der Waals surface area contributed by atoms with Gasteiger partial charge in [0.2, 0.25) is 10.0 Å². The van der Waals surface area contributed by atoms with Crippen LogP contribution in [0, 0.1) is 5.92 Å². The number of sulfonamides is 1. The Morgan fingerprint density at radius 3 is 2.65 bits per heavy atom. The molecule has 0 saturated carbocycles. The average molecular weight is 293 g/mol. The van der Waals surface area contributed by atoms with Gasteiger partial charge in [-0.1, -0.05) is 12.1 Å². The van der Waals surface area contributed by atoms with Crippen LogP contribution < -0.4 is 0 Å². The van der Waals surface area contributed by atoms with Gasteiger partial charge < -0.3 is 4.98 Å². The Hall–Kier alpha value is -1.40. The fourth-order valence-corrected chi connectivity index (χ4v) is 3.69. The van der Waals surface area contributed by atoms with E-state index in [0.717, 1.165) is 36.1 Å². The van der Waals surface area contributed by atoms with Gasteiger partial charge in [0.15, 0.2) is 0 Å². The fraction of sp³-hybridized carbons (Fsp3) is 0.500. The Kier molecular flexibility index (Phi) is 3.52. The number of hydrogen-bond donors (Lipinski definition) is 1. The van der Waals surface area contributed by atoms with Crippen LogP contribution in [0.15, 0.2) is 24.3 Å². The van der Waals surface area contributed by atoms with Crippen LogP contribution in [-0.2, 0) is 16.4 Å². The van der Waals surface area contributed by atoms with Crippen molar-refractivity contribution in [3.63, 3.8) is 0 Å². The molecule has 0 amide bonds. The van der Waals surface area contributed by atoms with E-state index in [-0.39, 0.29) is 0 Å². The minimum Gasteiger partial charge on any atom is -0.342 e. The average Bonchev–Trinajstić information content (AvgIpc) is 2.80. The van der Waals surface area contributed by atoms with Gasteiger partial charge in [-0.2, -0.15) is 0 Å². The van der Waals surface area contributed by atoms with Crippen molar-refractivity contribution in [2.24, 2.45) is 5.92 Å². The summed E-state index contributed by atoms with van der Waals surface area (Å²) in [5.74, 6) is 1.51. The second-order valence-corrected chi connectivity index (χ2v) is 7.49. The topological polar surface area (TPSA) is 66.1 Å². The number of nitrogens with one attached hydrogen (secondary N) is 1. The molecule has 0 aliphatic carbocycles. The summed E-state index contributed by atoms with van der Waals surface area (Å²) >= 11 is 0. The molecule has 0 atom stereocenters. The van der Waals surface area contributed by atoms with Crippen LogP contribution in [0.1, 0.15) is 18.7 Å². The van der Waals surface area contributed by atoms with Crippen LogP contribution in [0.3, 0.4) is 0 Å². The predicted octanol–water partition coefficient (Wildman–Crippen LogP) is 1.78. The largest absolute Gasteiger partial charge is 0.342 e. The lowest BCUT2D eigenvalue weighted by molar-refractivity contribution is 0.272. The smallest absolute Gasteiger partial charge is 0.211 e. The molecule has 0 radical (unpaired) electrons. The SMILES string of the molecule is CS(=O)(=O)N1CCC(Cc2nc3ccccc3[nH]2)CC1. The standard InChI is InChI=1S/C14H19N3O2S/c1-20(18,19)17-8-6-11(7-9-17)10-14-15-12-4-2-3-5-13(12)16-14/h2-5,11H,6-10H2,1H3,(H,15,16). The van der Waals surface area contributed by atoms with Crippen molar-refractivity contribution in [1.29, 1.82) is 0 Å². The Balaban J connectivity index is 1.65. The first kappa shape index (κ1) is 13.6. The normalized spacial score (nSPS) is 18.6. The molecule has 1 aliphatic heterocycles. The molecule has 108 valence electrons. The second-order valence-electron chi connectivity index (χ2n) is 5.51. The molecule has 1 aromatic heterocycles. The lowest BCUT2D eigenvalue weighted by atomic mass is 9.94. The maximum absolute atomic E-state index is 11.5. The van der Waals surface area contributed by atoms with Gasteiger partial charge in [0.25, 0.3) is 0 Å². The van der Waals surface area contributed by atoms with Crippen molar-refractivity contribution in [3.05, 3.63) is 30.1 Å². The molecular formula is C14H19N3O2S. The van der Waals surface area contributed by atoms with E-state index in [0.29, 0.717) is 19.0 Å². The van der Waals surface area contributed by atoms with E-state index in [1.807, 2.05) is 24.3 Å². The van der Waals surface area contributed by atoms with Gasteiger partial charge in [0.1, 0.15) is 5.82 Å². The van der Waals surface area contributed by atoms with E-state index in [2.05, 4.69) is 9.97 Å². The van der Waals surface area contributed by atoms with E-state index in [4.69, 9.17) is 0 Å². The summed E-state index contributed by atoms with van der Waals surface area (Å²) in [5.41, 5.74) is 2.06. The summed E-state index contributed by atoms with van der Waals surface area (Å²) in [6.45, 7) is 1.26. The zero-order valence-corrected chi connectivity index (χ0v) is 12.4. The number of hydrogen-bond acceptors (Lipinski definition) is 3. The van der Waals surface area contributed by atoms with Crippen LogP contribution in [0.25, 0.3) is 11.0 Å². The fourth-order valence-electron chi connectivity index (χ4n) is 2.82. The summed E-state index contributed by atoms with van der Waals surface area (Å²) in [6, 6.07) is 8.01. The zero-order valence-electron chi connectivity index (χ0n) is 11.5. The number of nitrogens with zero attached hydrogens (tertiary/aromatic N) is 2. The minimum absolute atomic E-state index is 0.508. The van der Waals surface area contributed by atoms with Gasteiger partial charge in [-0.3, -0.25) is 0 Å². The zero-order chi connectivity index (χ0) is 14.2. The summed E-state index contributed by atoms with van der Waals surface area (Å²) in [7, 11) is -3.03. The number of imidazole rings is 1. The Morgan fingerprint density at radius 1 is 1.30 bits per heavy atom. The Labute approximate surface area is 119 Å². The van der Waals surface area contributed by atoms with Crippen LogP contribution in [0.2, 0.25) is 0 Å². The number of benzene rings is 1. The number of rotatable bonds is 3. The number of aromatic amines is 1. The summed E-state index contributed by atoms with van der Waals surface area (Å²) in [5, 5.41) is 0.